The van der Waals surface area contributed by atoms with Gasteiger partial charge < -0.3 is 5.73 Å². The third-order valence-electron chi connectivity index (χ3n) is 3.02. The van der Waals surface area contributed by atoms with Crippen LogP contribution in [0.1, 0.15) is 25.3 Å². The first-order valence-electron chi connectivity index (χ1n) is 6.37. The molecule has 2 aromatic carbocycles. The van der Waals surface area contributed by atoms with Crippen LogP contribution in [0.25, 0.3) is 0 Å². The third kappa shape index (κ3) is 3.11. The Morgan fingerprint density at radius 1 is 1.00 bits per heavy atom. The highest BCUT2D eigenvalue weighted by molar-refractivity contribution is 7.92. The van der Waals surface area contributed by atoms with Gasteiger partial charge in [0, 0.05) is 5.69 Å². The topological polar surface area (TPSA) is 72.2 Å². The predicted octanol–water partition coefficient (Wildman–Crippen LogP) is 3.19. The molecular formula is C15H18N2O2S. The summed E-state index contributed by atoms with van der Waals surface area (Å²) < 4.78 is 27.3. The fourth-order valence-corrected chi connectivity index (χ4v) is 3.03. The van der Waals surface area contributed by atoms with Crippen molar-refractivity contribution in [3.63, 3.8) is 0 Å². The molecule has 2 aromatic rings. The summed E-state index contributed by atoms with van der Waals surface area (Å²) in [6.07, 6.45) is 0. The number of hydrogen-bond acceptors (Lipinski definition) is 3. The molecule has 0 fully saturated rings. The summed E-state index contributed by atoms with van der Waals surface area (Å²) in [5.41, 5.74) is 7.68. The Morgan fingerprint density at radius 3 is 2.20 bits per heavy atom. The molecule has 0 aromatic heterocycles. The standard InChI is InChI=1S/C15H18N2O2S/c1-11(2)14-5-3-4-6-15(14)17-20(18,19)13-9-7-12(16)8-10-13/h3-11,17H,16H2,1-2H3. The van der Waals surface area contributed by atoms with Crippen LogP contribution in [0.4, 0.5) is 11.4 Å². The number of benzene rings is 2. The van der Waals surface area contributed by atoms with Crippen molar-refractivity contribution in [2.75, 3.05) is 10.5 Å². The highest BCUT2D eigenvalue weighted by atomic mass is 32.2. The van der Waals surface area contributed by atoms with E-state index in [-0.39, 0.29) is 10.8 Å². The van der Waals surface area contributed by atoms with Gasteiger partial charge in [0.2, 0.25) is 0 Å². The van der Waals surface area contributed by atoms with Gasteiger partial charge in [0.25, 0.3) is 10.0 Å². The molecule has 20 heavy (non-hydrogen) atoms. The number of nitrogens with one attached hydrogen (secondary N) is 1. The summed E-state index contributed by atoms with van der Waals surface area (Å²) in [4.78, 5) is 0.199. The van der Waals surface area contributed by atoms with Crippen LogP contribution >= 0.6 is 0 Å². The van der Waals surface area contributed by atoms with Crippen molar-refractivity contribution in [2.24, 2.45) is 0 Å². The summed E-state index contributed by atoms with van der Waals surface area (Å²) in [5, 5.41) is 0. The van der Waals surface area contributed by atoms with E-state index in [2.05, 4.69) is 4.72 Å². The highest BCUT2D eigenvalue weighted by Crippen LogP contribution is 2.26. The van der Waals surface area contributed by atoms with Gasteiger partial charge in [-0.3, -0.25) is 4.72 Å². The Morgan fingerprint density at radius 2 is 1.60 bits per heavy atom. The first kappa shape index (κ1) is 14.4. The van der Waals surface area contributed by atoms with E-state index in [1.807, 2.05) is 32.0 Å². The lowest BCUT2D eigenvalue weighted by Crippen LogP contribution is -2.14. The van der Waals surface area contributed by atoms with Crippen molar-refractivity contribution in [3.8, 4) is 0 Å². The Balaban J connectivity index is 2.36. The second kappa shape index (κ2) is 5.54. The highest BCUT2D eigenvalue weighted by Gasteiger charge is 2.16. The van der Waals surface area contributed by atoms with Gasteiger partial charge >= 0.3 is 0 Å². The van der Waals surface area contributed by atoms with Crippen molar-refractivity contribution in [2.45, 2.75) is 24.7 Å². The zero-order chi connectivity index (χ0) is 14.8. The predicted molar refractivity (Wildman–Crippen MR) is 82.2 cm³/mol. The fourth-order valence-electron chi connectivity index (χ4n) is 1.94. The van der Waals surface area contributed by atoms with E-state index in [0.29, 0.717) is 11.4 Å². The molecule has 5 heteroatoms. The van der Waals surface area contributed by atoms with E-state index < -0.39 is 10.0 Å². The number of rotatable bonds is 4. The lowest BCUT2D eigenvalue weighted by molar-refractivity contribution is 0.601. The van der Waals surface area contributed by atoms with Gasteiger partial charge in [0.1, 0.15) is 0 Å². The van der Waals surface area contributed by atoms with Crippen LogP contribution in [0.15, 0.2) is 53.4 Å². The molecule has 0 aliphatic rings. The SMILES string of the molecule is CC(C)c1ccccc1NS(=O)(=O)c1ccc(N)cc1. The molecule has 0 spiro atoms. The fraction of sp³-hybridized carbons (Fsp3) is 0.200. The smallest absolute Gasteiger partial charge is 0.261 e. The zero-order valence-electron chi connectivity index (χ0n) is 11.5. The monoisotopic (exact) mass is 290 g/mol. The Labute approximate surface area is 119 Å². The van der Waals surface area contributed by atoms with Crippen molar-refractivity contribution in [3.05, 3.63) is 54.1 Å². The van der Waals surface area contributed by atoms with Crippen LogP contribution < -0.4 is 10.5 Å². The van der Waals surface area contributed by atoms with Crippen molar-refractivity contribution >= 4 is 21.4 Å². The molecule has 0 atom stereocenters. The minimum absolute atomic E-state index is 0.199. The molecular weight excluding hydrogens is 272 g/mol. The number of sulfonamides is 1. The van der Waals surface area contributed by atoms with E-state index in [9.17, 15) is 8.42 Å². The molecule has 0 unspecified atom stereocenters. The molecule has 106 valence electrons. The Bertz CT molecular complexity index is 692. The van der Waals surface area contributed by atoms with Crippen LogP contribution in [0.5, 0.6) is 0 Å². The molecule has 0 saturated heterocycles. The van der Waals surface area contributed by atoms with Crippen molar-refractivity contribution in [1.29, 1.82) is 0 Å². The molecule has 0 aliphatic heterocycles. The number of para-hydroxylation sites is 1. The van der Waals surface area contributed by atoms with Gasteiger partial charge in [0.15, 0.2) is 0 Å². The van der Waals surface area contributed by atoms with Crippen LogP contribution in [0.2, 0.25) is 0 Å². The molecule has 0 saturated carbocycles. The maximum absolute atomic E-state index is 12.3. The summed E-state index contributed by atoms with van der Waals surface area (Å²) >= 11 is 0. The first-order chi connectivity index (χ1) is 9.40. The molecule has 0 bridgehead atoms. The van der Waals surface area contributed by atoms with Crippen molar-refractivity contribution < 1.29 is 8.42 Å². The van der Waals surface area contributed by atoms with Gasteiger partial charge in [-0.25, -0.2) is 8.42 Å². The second-order valence-corrected chi connectivity index (χ2v) is 6.60. The van der Waals surface area contributed by atoms with E-state index in [1.54, 1.807) is 18.2 Å². The van der Waals surface area contributed by atoms with E-state index in [0.717, 1.165) is 5.56 Å². The molecule has 4 nitrogen and oxygen atoms in total. The quantitative estimate of drug-likeness (QED) is 0.849. The van der Waals surface area contributed by atoms with E-state index in [4.69, 9.17) is 5.73 Å². The number of nitrogen functional groups attached to an aromatic ring is 1. The minimum atomic E-state index is -3.59. The lowest BCUT2D eigenvalue weighted by atomic mass is 10.0. The average Bonchev–Trinajstić information content (AvgIpc) is 2.39. The minimum Gasteiger partial charge on any atom is -0.399 e. The number of hydrogen-bond donors (Lipinski definition) is 2. The number of anilines is 2. The molecule has 0 radical (unpaired) electrons. The van der Waals surface area contributed by atoms with Gasteiger partial charge in [-0.05, 0) is 41.8 Å². The number of nitrogens with two attached hydrogens (primary N) is 1. The van der Waals surface area contributed by atoms with Crippen LogP contribution in [0.3, 0.4) is 0 Å². The summed E-state index contributed by atoms with van der Waals surface area (Å²) in [6, 6.07) is 13.5. The first-order valence-corrected chi connectivity index (χ1v) is 7.86. The lowest BCUT2D eigenvalue weighted by Gasteiger charge is -2.14. The van der Waals surface area contributed by atoms with Gasteiger partial charge in [-0.15, -0.1) is 0 Å². The normalized spacial score (nSPS) is 11.6. The van der Waals surface area contributed by atoms with Gasteiger partial charge in [-0.2, -0.15) is 0 Å². The third-order valence-corrected chi connectivity index (χ3v) is 4.40. The van der Waals surface area contributed by atoms with Crippen LogP contribution in [-0.2, 0) is 10.0 Å². The van der Waals surface area contributed by atoms with Crippen LogP contribution in [-0.4, -0.2) is 8.42 Å². The Kier molecular flexibility index (Phi) is 3.99. The summed E-state index contributed by atoms with van der Waals surface area (Å²) in [6.45, 7) is 4.05. The molecule has 0 heterocycles. The second-order valence-electron chi connectivity index (χ2n) is 4.92. The van der Waals surface area contributed by atoms with Gasteiger partial charge in [-0.1, -0.05) is 32.0 Å². The van der Waals surface area contributed by atoms with Crippen molar-refractivity contribution in [1.82, 2.24) is 0 Å². The Hall–Kier alpha value is -2.01. The van der Waals surface area contributed by atoms with Gasteiger partial charge in [0.05, 0.1) is 10.6 Å². The average molecular weight is 290 g/mol. The molecule has 2 rings (SSSR count). The maximum atomic E-state index is 12.3. The molecule has 3 N–H and O–H groups in total. The van der Waals surface area contributed by atoms with E-state index in [1.165, 1.54) is 12.1 Å². The molecule has 0 amide bonds. The molecule has 0 aliphatic carbocycles. The zero-order valence-corrected chi connectivity index (χ0v) is 12.3. The summed E-state index contributed by atoms with van der Waals surface area (Å²) in [7, 11) is -3.59. The van der Waals surface area contributed by atoms with Crippen LogP contribution in [0, 0.1) is 0 Å². The van der Waals surface area contributed by atoms with E-state index >= 15 is 0 Å². The summed E-state index contributed by atoms with van der Waals surface area (Å²) in [5.74, 6) is 0.236. The largest absolute Gasteiger partial charge is 0.399 e. The maximum Gasteiger partial charge on any atom is 0.261 e.